The molecule has 1 aromatic carbocycles. The predicted octanol–water partition coefficient (Wildman–Crippen LogP) is 1.57. The van der Waals surface area contributed by atoms with Gasteiger partial charge in [0.05, 0.1) is 24.0 Å². The molecule has 0 aliphatic rings. The quantitative estimate of drug-likeness (QED) is 0.671. The Labute approximate surface area is 145 Å². The molecule has 0 radical (unpaired) electrons. The van der Waals surface area contributed by atoms with E-state index in [-0.39, 0.29) is 24.6 Å². The van der Waals surface area contributed by atoms with Crippen molar-refractivity contribution < 1.29 is 24.5 Å². The van der Waals surface area contributed by atoms with Crippen LogP contribution in [-0.2, 0) is 4.74 Å². The number of aliphatic hydroxyl groups excluding tert-OH is 1. The molecule has 0 bridgehead atoms. The summed E-state index contributed by atoms with van der Waals surface area (Å²) in [5.74, 6) is -1.33. The summed E-state index contributed by atoms with van der Waals surface area (Å²) in [6.07, 6.45) is 0.540. The van der Waals surface area contributed by atoms with E-state index in [9.17, 15) is 14.7 Å². The molecule has 0 aliphatic carbocycles. The molecule has 0 fully saturated rings. The number of aromatic nitrogens is 1. The number of benzene rings is 1. The number of carboxylic acid groups (broad SMARTS) is 1. The average Bonchev–Trinajstić information content (AvgIpc) is 2.64. The Bertz CT molecular complexity index is 713. The van der Waals surface area contributed by atoms with Crippen LogP contribution < -0.4 is 5.32 Å². The highest BCUT2D eigenvalue weighted by Crippen LogP contribution is 2.18. The first kappa shape index (κ1) is 18.6. The second-order valence-corrected chi connectivity index (χ2v) is 5.34. The number of carbonyl (C=O) groups excluding carboxylic acids is 1. The lowest BCUT2D eigenvalue weighted by Gasteiger charge is -2.12. The number of hydrogen-bond acceptors (Lipinski definition) is 5. The van der Waals surface area contributed by atoms with E-state index in [0.717, 1.165) is 5.56 Å². The van der Waals surface area contributed by atoms with Crippen molar-refractivity contribution in [2.24, 2.45) is 0 Å². The Morgan fingerprint density at radius 3 is 2.40 bits per heavy atom. The van der Waals surface area contributed by atoms with Gasteiger partial charge in [-0.3, -0.25) is 9.78 Å². The summed E-state index contributed by atoms with van der Waals surface area (Å²) >= 11 is 0. The molecule has 0 saturated heterocycles. The number of pyridine rings is 1. The summed E-state index contributed by atoms with van der Waals surface area (Å²) in [6.45, 7) is 2.62. The SMILES string of the molecule is CCOC[C@H](O)CNC(=O)c1ccc(-c2ccc(C(=O)O)cn2)cc1. The molecule has 1 amide bonds. The molecule has 0 aliphatic heterocycles. The van der Waals surface area contributed by atoms with Crippen molar-refractivity contribution in [3.8, 4) is 11.3 Å². The predicted molar refractivity (Wildman–Crippen MR) is 91.5 cm³/mol. The number of amides is 1. The zero-order valence-electron chi connectivity index (χ0n) is 13.8. The summed E-state index contributed by atoms with van der Waals surface area (Å²) in [5, 5.41) is 21.1. The maximum Gasteiger partial charge on any atom is 0.337 e. The number of hydrogen-bond donors (Lipinski definition) is 3. The van der Waals surface area contributed by atoms with Crippen LogP contribution in [0.1, 0.15) is 27.6 Å². The van der Waals surface area contributed by atoms with Crippen molar-refractivity contribution in [1.29, 1.82) is 0 Å². The number of ether oxygens (including phenoxy) is 1. The van der Waals surface area contributed by atoms with E-state index in [4.69, 9.17) is 9.84 Å². The molecule has 2 rings (SSSR count). The van der Waals surface area contributed by atoms with Crippen molar-refractivity contribution in [2.75, 3.05) is 19.8 Å². The lowest BCUT2D eigenvalue weighted by Crippen LogP contribution is -2.34. The van der Waals surface area contributed by atoms with Gasteiger partial charge < -0.3 is 20.3 Å². The minimum atomic E-state index is -1.03. The van der Waals surface area contributed by atoms with E-state index in [1.807, 2.05) is 6.92 Å². The first-order valence-corrected chi connectivity index (χ1v) is 7.85. The second-order valence-electron chi connectivity index (χ2n) is 5.34. The molecule has 1 heterocycles. The van der Waals surface area contributed by atoms with Gasteiger partial charge in [-0.2, -0.15) is 0 Å². The fraction of sp³-hybridized carbons (Fsp3) is 0.278. The number of carbonyl (C=O) groups is 2. The zero-order valence-corrected chi connectivity index (χ0v) is 13.8. The highest BCUT2D eigenvalue weighted by atomic mass is 16.5. The third kappa shape index (κ3) is 5.37. The minimum absolute atomic E-state index is 0.110. The van der Waals surface area contributed by atoms with E-state index in [1.165, 1.54) is 12.3 Å². The molecule has 1 aromatic heterocycles. The van der Waals surface area contributed by atoms with Crippen LogP contribution in [0.15, 0.2) is 42.6 Å². The molecule has 2 aromatic rings. The first-order valence-electron chi connectivity index (χ1n) is 7.85. The molecule has 0 unspecified atom stereocenters. The Balaban J connectivity index is 1.96. The topological polar surface area (TPSA) is 109 Å². The second kappa shape index (κ2) is 8.91. The normalized spacial score (nSPS) is 11.8. The van der Waals surface area contributed by atoms with Crippen LogP contribution >= 0.6 is 0 Å². The van der Waals surface area contributed by atoms with Crippen LogP contribution in [0.25, 0.3) is 11.3 Å². The van der Waals surface area contributed by atoms with Gasteiger partial charge in [0.2, 0.25) is 0 Å². The molecule has 7 heteroatoms. The fourth-order valence-corrected chi connectivity index (χ4v) is 2.11. The Hall–Kier alpha value is -2.77. The van der Waals surface area contributed by atoms with E-state index < -0.39 is 12.1 Å². The van der Waals surface area contributed by atoms with E-state index >= 15 is 0 Å². The van der Waals surface area contributed by atoms with Gasteiger partial charge in [0.1, 0.15) is 0 Å². The molecular weight excluding hydrogens is 324 g/mol. The van der Waals surface area contributed by atoms with Gasteiger partial charge >= 0.3 is 5.97 Å². The van der Waals surface area contributed by atoms with Crippen LogP contribution in [-0.4, -0.2) is 52.9 Å². The Morgan fingerprint density at radius 1 is 1.16 bits per heavy atom. The van der Waals surface area contributed by atoms with Crippen molar-refractivity contribution in [3.05, 3.63) is 53.7 Å². The molecule has 132 valence electrons. The molecule has 25 heavy (non-hydrogen) atoms. The van der Waals surface area contributed by atoms with Gasteiger partial charge in [-0.25, -0.2) is 4.79 Å². The van der Waals surface area contributed by atoms with Crippen LogP contribution in [0.5, 0.6) is 0 Å². The number of carboxylic acids is 1. The summed E-state index contributed by atoms with van der Waals surface area (Å²) in [5.41, 5.74) is 1.95. The third-order valence-electron chi connectivity index (χ3n) is 3.47. The first-order chi connectivity index (χ1) is 12.0. The van der Waals surface area contributed by atoms with Gasteiger partial charge in [0.25, 0.3) is 5.91 Å². The van der Waals surface area contributed by atoms with E-state index in [1.54, 1.807) is 30.3 Å². The van der Waals surface area contributed by atoms with Gasteiger partial charge in [0, 0.05) is 30.5 Å². The smallest absolute Gasteiger partial charge is 0.337 e. The number of aliphatic hydroxyl groups is 1. The van der Waals surface area contributed by atoms with E-state index in [2.05, 4.69) is 10.3 Å². The summed E-state index contributed by atoms with van der Waals surface area (Å²) in [4.78, 5) is 27.0. The fourth-order valence-electron chi connectivity index (χ4n) is 2.11. The van der Waals surface area contributed by atoms with Gasteiger partial charge in [-0.05, 0) is 31.2 Å². The van der Waals surface area contributed by atoms with E-state index in [0.29, 0.717) is 17.9 Å². The number of nitrogens with one attached hydrogen (secondary N) is 1. The van der Waals surface area contributed by atoms with Crippen LogP contribution in [0, 0.1) is 0 Å². The molecule has 7 nitrogen and oxygen atoms in total. The average molecular weight is 344 g/mol. The monoisotopic (exact) mass is 344 g/mol. The molecular formula is C18H20N2O5. The van der Waals surface area contributed by atoms with Crippen molar-refractivity contribution in [2.45, 2.75) is 13.0 Å². The molecule has 0 spiro atoms. The van der Waals surface area contributed by atoms with Gasteiger partial charge in [-0.1, -0.05) is 12.1 Å². The maximum absolute atomic E-state index is 12.0. The highest BCUT2D eigenvalue weighted by Gasteiger charge is 2.10. The van der Waals surface area contributed by atoms with Crippen molar-refractivity contribution >= 4 is 11.9 Å². The largest absolute Gasteiger partial charge is 0.478 e. The van der Waals surface area contributed by atoms with Crippen molar-refractivity contribution in [1.82, 2.24) is 10.3 Å². The highest BCUT2D eigenvalue weighted by molar-refractivity contribution is 5.94. The van der Waals surface area contributed by atoms with Crippen LogP contribution in [0.4, 0.5) is 0 Å². The summed E-state index contributed by atoms with van der Waals surface area (Å²) in [6, 6.07) is 9.84. The zero-order chi connectivity index (χ0) is 18.2. The lowest BCUT2D eigenvalue weighted by molar-refractivity contribution is 0.0418. The number of rotatable bonds is 8. The molecule has 0 saturated carbocycles. The van der Waals surface area contributed by atoms with Crippen LogP contribution in [0.3, 0.4) is 0 Å². The minimum Gasteiger partial charge on any atom is -0.478 e. The van der Waals surface area contributed by atoms with Crippen molar-refractivity contribution in [3.63, 3.8) is 0 Å². The summed E-state index contributed by atoms with van der Waals surface area (Å²) in [7, 11) is 0. The van der Waals surface area contributed by atoms with Gasteiger partial charge in [0.15, 0.2) is 0 Å². The Morgan fingerprint density at radius 2 is 1.84 bits per heavy atom. The van der Waals surface area contributed by atoms with Gasteiger partial charge in [-0.15, -0.1) is 0 Å². The Kier molecular flexibility index (Phi) is 6.62. The number of aromatic carboxylic acids is 1. The number of nitrogens with zero attached hydrogens (tertiary/aromatic N) is 1. The summed E-state index contributed by atoms with van der Waals surface area (Å²) < 4.78 is 5.08. The molecule has 1 atom stereocenters. The standard InChI is InChI=1S/C18H20N2O5/c1-2-25-11-15(21)10-20-17(22)13-5-3-12(4-6-13)16-8-7-14(9-19-16)18(23)24/h3-9,15,21H,2,10-11H2,1H3,(H,20,22)(H,23,24)/t15-/m1/s1. The lowest BCUT2D eigenvalue weighted by atomic mass is 10.1. The van der Waals surface area contributed by atoms with Crippen LogP contribution in [0.2, 0.25) is 0 Å². The molecule has 3 N–H and O–H groups in total. The maximum atomic E-state index is 12.0. The third-order valence-corrected chi connectivity index (χ3v) is 3.47.